The maximum Gasteiger partial charge on any atom is 0.400 e. The fourth-order valence-electron chi connectivity index (χ4n) is 1.53. The highest BCUT2D eigenvalue weighted by Crippen LogP contribution is 2.28. The maximum atomic E-state index is 11.0. The van der Waals surface area contributed by atoms with Crippen molar-refractivity contribution >= 4 is 27.0 Å². The number of rotatable bonds is 2. The Kier molecular flexibility index (Phi) is 2.68. The molecule has 0 saturated heterocycles. The molecule has 3 rings (SSSR count). The SMILES string of the molecule is [O]c1ccc(Oc2nc3ccc(Br)cc3o2)cc1. The fraction of sp³-hybridized carbons (Fsp3) is 0. The van der Waals surface area contributed by atoms with Gasteiger partial charge in [0, 0.05) is 4.47 Å². The number of ether oxygens (including phenoxy) is 1. The summed E-state index contributed by atoms with van der Waals surface area (Å²) in [6, 6.07) is 11.5. The first-order valence-corrected chi connectivity index (χ1v) is 6.01. The minimum atomic E-state index is -0.0659. The van der Waals surface area contributed by atoms with Crippen LogP contribution in [0.4, 0.5) is 0 Å². The molecule has 3 aromatic rings. The lowest BCUT2D eigenvalue weighted by molar-refractivity contribution is 0.337. The van der Waals surface area contributed by atoms with E-state index < -0.39 is 0 Å². The molecule has 0 aliphatic rings. The molecule has 1 radical (unpaired) electrons. The van der Waals surface area contributed by atoms with Crippen LogP contribution >= 0.6 is 15.9 Å². The zero-order chi connectivity index (χ0) is 12.5. The topological polar surface area (TPSA) is 55.2 Å². The number of nitrogens with zero attached hydrogens (tertiary/aromatic N) is 1. The molecule has 89 valence electrons. The zero-order valence-electron chi connectivity index (χ0n) is 9.09. The van der Waals surface area contributed by atoms with Gasteiger partial charge in [0.15, 0.2) is 11.3 Å². The second-order valence-corrected chi connectivity index (χ2v) is 4.58. The molecule has 5 heteroatoms. The van der Waals surface area contributed by atoms with Gasteiger partial charge in [-0.2, -0.15) is 4.98 Å². The zero-order valence-corrected chi connectivity index (χ0v) is 10.7. The van der Waals surface area contributed by atoms with Gasteiger partial charge in [0.2, 0.25) is 0 Å². The number of benzene rings is 2. The Balaban J connectivity index is 1.92. The van der Waals surface area contributed by atoms with Crippen LogP contribution in [0.5, 0.6) is 17.6 Å². The molecule has 0 bridgehead atoms. The van der Waals surface area contributed by atoms with Crippen LogP contribution in [0.3, 0.4) is 0 Å². The quantitative estimate of drug-likeness (QED) is 0.699. The van der Waals surface area contributed by atoms with Crippen LogP contribution in [0.15, 0.2) is 51.4 Å². The number of hydrogen-bond acceptors (Lipinski definition) is 3. The van der Waals surface area contributed by atoms with Gasteiger partial charge in [-0.3, -0.25) is 5.11 Å². The molecule has 1 aromatic heterocycles. The van der Waals surface area contributed by atoms with E-state index in [4.69, 9.17) is 9.15 Å². The van der Waals surface area contributed by atoms with Crippen molar-refractivity contribution in [3.8, 4) is 17.6 Å². The lowest BCUT2D eigenvalue weighted by Crippen LogP contribution is -1.82. The van der Waals surface area contributed by atoms with Gasteiger partial charge in [-0.05, 0) is 42.5 Å². The molecule has 0 aliphatic heterocycles. The summed E-state index contributed by atoms with van der Waals surface area (Å²) in [4.78, 5) is 4.18. The normalized spacial score (nSPS) is 10.7. The lowest BCUT2D eigenvalue weighted by atomic mass is 10.3. The van der Waals surface area contributed by atoms with Crippen LogP contribution < -0.4 is 4.74 Å². The predicted octanol–water partition coefficient (Wildman–Crippen LogP) is 4.53. The van der Waals surface area contributed by atoms with Gasteiger partial charge >= 0.3 is 6.08 Å². The van der Waals surface area contributed by atoms with Crippen molar-refractivity contribution in [1.82, 2.24) is 4.98 Å². The van der Waals surface area contributed by atoms with E-state index in [-0.39, 0.29) is 11.8 Å². The Labute approximate surface area is 111 Å². The van der Waals surface area contributed by atoms with E-state index in [1.165, 1.54) is 12.1 Å². The predicted molar refractivity (Wildman–Crippen MR) is 68.4 cm³/mol. The van der Waals surface area contributed by atoms with Gasteiger partial charge in [0.05, 0.1) is 0 Å². The summed E-state index contributed by atoms with van der Waals surface area (Å²) in [5, 5.41) is 11.0. The van der Waals surface area contributed by atoms with Gasteiger partial charge < -0.3 is 9.15 Å². The van der Waals surface area contributed by atoms with Crippen LogP contribution in [0.2, 0.25) is 0 Å². The molecule has 0 N–H and O–H groups in total. The van der Waals surface area contributed by atoms with Crippen LogP contribution in [-0.2, 0) is 5.11 Å². The summed E-state index contributed by atoms with van der Waals surface area (Å²) in [6.45, 7) is 0. The molecule has 18 heavy (non-hydrogen) atoms. The number of fused-ring (bicyclic) bond motifs is 1. The summed E-state index contributed by atoms with van der Waals surface area (Å²) in [6.07, 6.45) is 0.154. The van der Waals surface area contributed by atoms with Crippen molar-refractivity contribution in [2.75, 3.05) is 0 Å². The summed E-state index contributed by atoms with van der Waals surface area (Å²) in [5.41, 5.74) is 1.36. The van der Waals surface area contributed by atoms with E-state index in [2.05, 4.69) is 20.9 Å². The molecule has 1 heterocycles. The number of hydrogen-bond donors (Lipinski definition) is 0. The van der Waals surface area contributed by atoms with Crippen molar-refractivity contribution in [1.29, 1.82) is 0 Å². The molecule has 0 amide bonds. The molecule has 0 spiro atoms. The Hall–Kier alpha value is -2.01. The monoisotopic (exact) mass is 304 g/mol. The third kappa shape index (κ3) is 2.17. The molecular formula is C13H7BrNO3. The van der Waals surface area contributed by atoms with E-state index in [0.717, 1.165) is 4.47 Å². The van der Waals surface area contributed by atoms with E-state index in [9.17, 15) is 5.11 Å². The van der Waals surface area contributed by atoms with Gasteiger partial charge in [-0.1, -0.05) is 15.9 Å². The molecule has 0 aliphatic carbocycles. The number of halogens is 1. The Morgan fingerprint density at radius 2 is 1.89 bits per heavy atom. The first-order valence-electron chi connectivity index (χ1n) is 5.22. The van der Waals surface area contributed by atoms with E-state index in [1.54, 1.807) is 12.1 Å². The second kappa shape index (κ2) is 4.34. The molecule has 0 unspecified atom stereocenters. The Bertz CT molecular complexity index is 691. The van der Waals surface area contributed by atoms with Crippen LogP contribution in [0, 0.1) is 0 Å². The van der Waals surface area contributed by atoms with Crippen molar-refractivity contribution in [3.63, 3.8) is 0 Å². The van der Waals surface area contributed by atoms with E-state index >= 15 is 0 Å². The summed E-state index contributed by atoms with van der Waals surface area (Å²) in [7, 11) is 0. The van der Waals surface area contributed by atoms with Crippen molar-refractivity contribution < 1.29 is 14.3 Å². The average Bonchev–Trinajstić information content (AvgIpc) is 2.73. The fourth-order valence-corrected chi connectivity index (χ4v) is 1.87. The average molecular weight is 305 g/mol. The summed E-state index contributed by atoms with van der Waals surface area (Å²) < 4.78 is 11.8. The standard InChI is InChI=1S/C13H7BrNO3/c14-8-1-6-11-12(7-8)18-13(15-11)17-10-4-2-9(16)3-5-10/h1-7H. The maximum absolute atomic E-state index is 11.0. The largest absolute Gasteiger partial charge is 0.411 e. The Morgan fingerprint density at radius 1 is 1.11 bits per heavy atom. The third-order valence-corrected chi connectivity index (χ3v) is 2.85. The van der Waals surface area contributed by atoms with E-state index in [0.29, 0.717) is 16.8 Å². The highest BCUT2D eigenvalue weighted by molar-refractivity contribution is 9.10. The van der Waals surface area contributed by atoms with Gasteiger partial charge in [0.25, 0.3) is 0 Å². The third-order valence-electron chi connectivity index (χ3n) is 2.36. The van der Waals surface area contributed by atoms with Crippen LogP contribution in [0.1, 0.15) is 0 Å². The molecule has 0 atom stereocenters. The first-order chi connectivity index (χ1) is 8.70. The van der Waals surface area contributed by atoms with Gasteiger partial charge in [0.1, 0.15) is 11.3 Å². The Morgan fingerprint density at radius 3 is 2.67 bits per heavy atom. The molecule has 4 nitrogen and oxygen atoms in total. The smallest absolute Gasteiger partial charge is 0.400 e. The van der Waals surface area contributed by atoms with Crippen molar-refractivity contribution in [2.45, 2.75) is 0 Å². The molecule has 2 aromatic carbocycles. The van der Waals surface area contributed by atoms with Crippen LogP contribution in [-0.4, -0.2) is 4.98 Å². The van der Waals surface area contributed by atoms with Crippen molar-refractivity contribution in [3.05, 3.63) is 46.9 Å². The molecular weight excluding hydrogens is 298 g/mol. The molecule has 0 fully saturated rings. The van der Waals surface area contributed by atoms with E-state index in [1.807, 2.05) is 18.2 Å². The minimum absolute atomic E-state index is 0.0659. The highest BCUT2D eigenvalue weighted by Gasteiger charge is 2.08. The van der Waals surface area contributed by atoms with Gasteiger partial charge in [-0.25, -0.2) is 0 Å². The number of oxazole rings is 1. The lowest BCUT2D eigenvalue weighted by Gasteiger charge is -1.98. The second-order valence-electron chi connectivity index (χ2n) is 3.67. The first kappa shape index (κ1) is 11.1. The minimum Gasteiger partial charge on any atom is -0.411 e. The molecule has 0 saturated carbocycles. The van der Waals surface area contributed by atoms with Gasteiger partial charge in [-0.15, -0.1) is 0 Å². The summed E-state index contributed by atoms with van der Waals surface area (Å²) in [5.74, 6) is 0.448. The summed E-state index contributed by atoms with van der Waals surface area (Å²) >= 11 is 3.35. The highest BCUT2D eigenvalue weighted by atomic mass is 79.9. The number of aromatic nitrogens is 1. The van der Waals surface area contributed by atoms with Crippen molar-refractivity contribution in [2.24, 2.45) is 0 Å². The van der Waals surface area contributed by atoms with Crippen LogP contribution in [0.25, 0.3) is 11.1 Å².